The van der Waals surface area contributed by atoms with Crippen LogP contribution in [-0.4, -0.2) is 24.4 Å². The Hall–Kier alpha value is -0.810. The van der Waals surface area contributed by atoms with E-state index in [1.165, 1.54) is 0 Å². The first kappa shape index (κ1) is 10.3. The van der Waals surface area contributed by atoms with E-state index in [2.05, 4.69) is 4.74 Å². The van der Waals surface area contributed by atoms with E-state index in [1.807, 2.05) is 0 Å². The molecule has 0 N–H and O–H groups in total. The zero-order valence-electron chi connectivity index (χ0n) is 6.82. The lowest BCUT2D eigenvalue weighted by atomic mass is 9.77. The Morgan fingerprint density at radius 3 is 2.31 bits per heavy atom. The van der Waals surface area contributed by atoms with Crippen LogP contribution in [0.25, 0.3) is 0 Å². The summed E-state index contributed by atoms with van der Waals surface area (Å²) < 4.78 is 53.6. The molecule has 1 fully saturated rings. The first-order valence-electron chi connectivity index (χ1n) is 3.66. The summed E-state index contributed by atoms with van der Waals surface area (Å²) >= 11 is 0. The topological polar surface area (TPSA) is 26.3 Å². The fourth-order valence-electron chi connectivity index (χ4n) is 1.12. The van der Waals surface area contributed by atoms with Gasteiger partial charge in [-0.3, -0.25) is 4.79 Å². The molecule has 1 aliphatic carbocycles. The van der Waals surface area contributed by atoms with Gasteiger partial charge in [0.25, 0.3) is 0 Å². The van der Waals surface area contributed by atoms with E-state index in [1.54, 1.807) is 0 Å². The molecule has 1 unspecified atom stereocenters. The molecular weight excluding hydrogens is 192 g/mol. The molecule has 6 heteroatoms. The predicted molar refractivity (Wildman–Crippen MR) is 34.6 cm³/mol. The van der Waals surface area contributed by atoms with E-state index in [4.69, 9.17) is 0 Å². The number of carbonyl (C=O) groups excluding carboxylic acids is 1. The SMILES string of the molecule is CC(=O)OCC1CC(F)(F)C1(F)F. The van der Waals surface area contributed by atoms with Crippen LogP contribution in [0.2, 0.25) is 0 Å². The molecule has 0 aromatic rings. The van der Waals surface area contributed by atoms with Crippen molar-refractivity contribution in [3.8, 4) is 0 Å². The summed E-state index contributed by atoms with van der Waals surface area (Å²) in [5.74, 6) is -10.3. The molecule has 13 heavy (non-hydrogen) atoms. The highest BCUT2D eigenvalue weighted by Gasteiger charge is 2.71. The van der Waals surface area contributed by atoms with Crippen LogP contribution in [0, 0.1) is 5.92 Å². The number of alkyl halides is 4. The molecular formula is C7H8F4O2. The molecule has 0 spiro atoms. The lowest BCUT2D eigenvalue weighted by Crippen LogP contribution is -2.60. The largest absolute Gasteiger partial charge is 0.465 e. The van der Waals surface area contributed by atoms with Gasteiger partial charge in [0.15, 0.2) is 0 Å². The average molecular weight is 200 g/mol. The van der Waals surface area contributed by atoms with Crippen LogP contribution in [0.15, 0.2) is 0 Å². The van der Waals surface area contributed by atoms with Crippen molar-refractivity contribution >= 4 is 5.97 Å². The number of rotatable bonds is 2. The zero-order valence-corrected chi connectivity index (χ0v) is 6.82. The Morgan fingerprint density at radius 2 is 2.00 bits per heavy atom. The fourth-order valence-corrected chi connectivity index (χ4v) is 1.12. The second-order valence-electron chi connectivity index (χ2n) is 3.03. The summed E-state index contributed by atoms with van der Waals surface area (Å²) in [6.45, 7) is 0.396. The minimum atomic E-state index is -4.04. The lowest BCUT2D eigenvalue weighted by molar-refractivity contribution is -0.319. The number of esters is 1. The van der Waals surface area contributed by atoms with Gasteiger partial charge in [-0.15, -0.1) is 0 Å². The van der Waals surface area contributed by atoms with Gasteiger partial charge in [0, 0.05) is 13.3 Å². The Labute approximate surface area is 71.9 Å². The van der Waals surface area contributed by atoms with Crippen molar-refractivity contribution in [1.29, 1.82) is 0 Å². The molecule has 1 atom stereocenters. The van der Waals surface area contributed by atoms with Crippen LogP contribution in [0.3, 0.4) is 0 Å². The second kappa shape index (κ2) is 2.85. The Bertz CT molecular complexity index is 227. The maximum absolute atomic E-state index is 12.5. The lowest BCUT2D eigenvalue weighted by Gasteiger charge is -2.43. The number of hydrogen-bond donors (Lipinski definition) is 0. The fraction of sp³-hybridized carbons (Fsp3) is 0.857. The predicted octanol–water partition coefficient (Wildman–Crippen LogP) is 1.84. The van der Waals surface area contributed by atoms with Gasteiger partial charge in [-0.25, -0.2) is 0 Å². The van der Waals surface area contributed by atoms with Crippen molar-refractivity contribution in [3.05, 3.63) is 0 Å². The maximum Gasteiger partial charge on any atom is 0.316 e. The van der Waals surface area contributed by atoms with Crippen molar-refractivity contribution in [2.45, 2.75) is 25.2 Å². The van der Waals surface area contributed by atoms with Gasteiger partial charge in [0.1, 0.15) is 6.61 Å². The van der Waals surface area contributed by atoms with Gasteiger partial charge in [-0.2, -0.15) is 17.6 Å². The van der Waals surface area contributed by atoms with Crippen molar-refractivity contribution < 1.29 is 27.1 Å². The van der Waals surface area contributed by atoms with Gasteiger partial charge < -0.3 is 4.74 Å². The molecule has 0 aromatic carbocycles. The number of halogens is 4. The second-order valence-corrected chi connectivity index (χ2v) is 3.03. The highest BCUT2D eigenvalue weighted by molar-refractivity contribution is 5.65. The molecule has 0 radical (unpaired) electrons. The van der Waals surface area contributed by atoms with Crippen LogP contribution < -0.4 is 0 Å². The zero-order chi connectivity index (χ0) is 10.3. The van der Waals surface area contributed by atoms with Crippen molar-refractivity contribution in [3.63, 3.8) is 0 Å². The van der Waals surface area contributed by atoms with E-state index < -0.39 is 36.8 Å². The number of carbonyl (C=O) groups is 1. The van der Waals surface area contributed by atoms with Gasteiger partial charge in [0.2, 0.25) is 0 Å². The highest BCUT2D eigenvalue weighted by Crippen LogP contribution is 2.55. The first-order chi connectivity index (χ1) is 5.77. The third kappa shape index (κ3) is 1.62. The van der Waals surface area contributed by atoms with Crippen LogP contribution in [-0.2, 0) is 9.53 Å². The summed E-state index contributed by atoms with van der Waals surface area (Å²) in [4.78, 5) is 10.2. The molecule has 0 aromatic heterocycles. The molecule has 0 bridgehead atoms. The van der Waals surface area contributed by atoms with Crippen LogP contribution in [0.4, 0.5) is 17.6 Å². The summed E-state index contributed by atoms with van der Waals surface area (Å²) in [6, 6.07) is 0. The molecule has 2 nitrogen and oxygen atoms in total. The third-order valence-corrected chi connectivity index (χ3v) is 1.99. The van der Waals surface area contributed by atoms with E-state index in [0.717, 1.165) is 6.92 Å². The number of ether oxygens (including phenoxy) is 1. The van der Waals surface area contributed by atoms with E-state index >= 15 is 0 Å². The molecule has 0 heterocycles. The van der Waals surface area contributed by atoms with Gasteiger partial charge >= 0.3 is 17.8 Å². The first-order valence-corrected chi connectivity index (χ1v) is 3.66. The molecule has 1 aliphatic rings. The quantitative estimate of drug-likeness (QED) is 0.502. The summed E-state index contributed by atoms with van der Waals surface area (Å²) in [7, 11) is 0. The monoisotopic (exact) mass is 200 g/mol. The smallest absolute Gasteiger partial charge is 0.316 e. The number of hydrogen-bond acceptors (Lipinski definition) is 2. The standard InChI is InChI=1S/C7H8F4O2/c1-4(12)13-3-5-2-6(8,9)7(5,10)11/h5H,2-3H2,1H3. The molecule has 0 saturated heterocycles. The summed E-state index contributed by atoms with van der Waals surface area (Å²) in [5, 5.41) is 0. The Kier molecular flexibility index (Phi) is 2.25. The van der Waals surface area contributed by atoms with Crippen LogP contribution in [0.5, 0.6) is 0 Å². The van der Waals surface area contributed by atoms with Crippen LogP contribution in [0.1, 0.15) is 13.3 Å². The van der Waals surface area contributed by atoms with Crippen LogP contribution >= 0.6 is 0 Å². The normalized spacial score (nSPS) is 29.2. The van der Waals surface area contributed by atoms with Crippen molar-refractivity contribution in [2.75, 3.05) is 6.61 Å². The van der Waals surface area contributed by atoms with Gasteiger partial charge in [-0.1, -0.05) is 0 Å². The highest BCUT2D eigenvalue weighted by atomic mass is 19.3. The molecule has 1 saturated carbocycles. The van der Waals surface area contributed by atoms with E-state index in [0.29, 0.717) is 0 Å². The summed E-state index contributed by atoms with van der Waals surface area (Å²) in [5.41, 5.74) is 0. The minimum absolute atomic E-state index is 0.641. The molecule has 0 aliphatic heterocycles. The summed E-state index contributed by atoms with van der Waals surface area (Å²) in [6.07, 6.45) is -0.923. The maximum atomic E-state index is 12.5. The van der Waals surface area contributed by atoms with Crippen molar-refractivity contribution in [1.82, 2.24) is 0 Å². The van der Waals surface area contributed by atoms with E-state index in [9.17, 15) is 22.4 Å². The van der Waals surface area contributed by atoms with E-state index in [-0.39, 0.29) is 0 Å². The molecule has 0 amide bonds. The molecule has 76 valence electrons. The Morgan fingerprint density at radius 1 is 1.46 bits per heavy atom. The Balaban J connectivity index is 2.45. The van der Waals surface area contributed by atoms with Gasteiger partial charge in [-0.05, 0) is 0 Å². The molecule has 1 rings (SSSR count). The third-order valence-electron chi connectivity index (χ3n) is 1.99. The van der Waals surface area contributed by atoms with Gasteiger partial charge in [0.05, 0.1) is 5.92 Å². The minimum Gasteiger partial charge on any atom is -0.465 e. The average Bonchev–Trinajstić information content (AvgIpc) is 1.97. The van der Waals surface area contributed by atoms with Crippen molar-refractivity contribution in [2.24, 2.45) is 5.92 Å².